The van der Waals surface area contributed by atoms with Gasteiger partial charge < -0.3 is 5.32 Å². The number of sulfonamides is 1. The maximum absolute atomic E-state index is 13.3. The second-order valence-electron chi connectivity index (χ2n) is 4.88. The van der Waals surface area contributed by atoms with Crippen LogP contribution in [0.3, 0.4) is 0 Å². The molecule has 1 amide bonds. The number of hydrogen-bond donors (Lipinski definition) is 2. The molecule has 0 saturated carbocycles. The van der Waals surface area contributed by atoms with E-state index in [-0.39, 0.29) is 5.56 Å². The molecule has 3 N–H and O–H groups in total. The van der Waals surface area contributed by atoms with Crippen LogP contribution in [0.4, 0.5) is 4.39 Å². The van der Waals surface area contributed by atoms with Gasteiger partial charge in [-0.1, -0.05) is 6.92 Å². The maximum Gasteiger partial charge on any atom is 0.251 e. The highest BCUT2D eigenvalue weighted by Crippen LogP contribution is 2.16. The Morgan fingerprint density at radius 1 is 1.42 bits per heavy atom. The molecule has 0 fully saturated rings. The lowest BCUT2D eigenvalue weighted by Gasteiger charge is -2.24. The molecule has 0 aliphatic heterocycles. The van der Waals surface area contributed by atoms with E-state index in [0.717, 1.165) is 12.1 Å². The summed E-state index contributed by atoms with van der Waals surface area (Å²) in [5.74, 6) is -1.45. The Bertz CT molecular complexity index is 597. The Morgan fingerprint density at radius 3 is 2.47 bits per heavy atom. The van der Waals surface area contributed by atoms with E-state index in [1.165, 1.54) is 6.07 Å². The standard InChI is InChI=1S/C12H17FN2O3S/c1-4-12(2,3)15-11(16)8-5-6-9(13)10(7-8)19(14,17)18/h5-7H,4H2,1-3H3,(H,15,16)(H2,14,17,18). The van der Waals surface area contributed by atoms with Gasteiger partial charge in [0.1, 0.15) is 10.7 Å². The Balaban J connectivity index is 3.14. The fourth-order valence-electron chi connectivity index (χ4n) is 1.33. The number of nitrogens with two attached hydrogens (primary N) is 1. The van der Waals surface area contributed by atoms with Crippen LogP contribution < -0.4 is 10.5 Å². The normalized spacial score (nSPS) is 12.3. The Hall–Kier alpha value is -1.47. The summed E-state index contributed by atoms with van der Waals surface area (Å²) >= 11 is 0. The van der Waals surface area contributed by atoms with Crippen LogP contribution in [0.1, 0.15) is 37.6 Å². The first-order valence-electron chi connectivity index (χ1n) is 5.71. The molecule has 0 heterocycles. The fourth-order valence-corrected chi connectivity index (χ4v) is 1.96. The Kier molecular flexibility index (Phi) is 4.32. The van der Waals surface area contributed by atoms with Gasteiger partial charge >= 0.3 is 0 Å². The number of rotatable bonds is 4. The van der Waals surface area contributed by atoms with E-state index in [2.05, 4.69) is 5.32 Å². The van der Waals surface area contributed by atoms with Crippen molar-refractivity contribution in [3.05, 3.63) is 29.6 Å². The van der Waals surface area contributed by atoms with E-state index in [4.69, 9.17) is 5.14 Å². The highest BCUT2D eigenvalue weighted by atomic mass is 32.2. The predicted molar refractivity (Wildman–Crippen MR) is 69.6 cm³/mol. The molecule has 1 aromatic rings. The minimum absolute atomic E-state index is 0.0481. The van der Waals surface area contributed by atoms with E-state index in [0.29, 0.717) is 6.42 Å². The number of hydrogen-bond acceptors (Lipinski definition) is 3. The molecule has 0 saturated heterocycles. The first-order valence-corrected chi connectivity index (χ1v) is 7.26. The first kappa shape index (κ1) is 15.6. The average molecular weight is 288 g/mol. The van der Waals surface area contributed by atoms with Gasteiger partial charge in [-0.15, -0.1) is 0 Å². The zero-order chi connectivity index (χ0) is 14.8. The summed E-state index contributed by atoms with van der Waals surface area (Å²) in [6.07, 6.45) is 0.696. The van der Waals surface area contributed by atoms with Gasteiger partial charge in [0.15, 0.2) is 0 Å². The zero-order valence-corrected chi connectivity index (χ0v) is 11.8. The molecule has 0 aliphatic rings. The molecule has 0 aliphatic carbocycles. The molecule has 106 valence electrons. The number of halogens is 1. The molecular formula is C12H17FN2O3S. The zero-order valence-electron chi connectivity index (χ0n) is 11.0. The molecule has 19 heavy (non-hydrogen) atoms. The summed E-state index contributed by atoms with van der Waals surface area (Å²) in [7, 11) is -4.19. The van der Waals surface area contributed by atoms with E-state index < -0.39 is 32.2 Å². The Morgan fingerprint density at radius 2 is 2.00 bits per heavy atom. The summed E-state index contributed by atoms with van der Waals surface area (Å²) in [5, 5.41) is 7.60. The van der Waals surface area contributed by atoms with Gasteiger partial charge in [-0.05, 0) is 38.5 Å². The van der Waals surface area contributed by atoms with Gasteiger partial charge in [-0.3, -0.25) is 4.79 Å². The van der Waals surface area contributed by atoms with Crippen molar-refractivity contribution in [3.63, 3.8) is 0 Å². The third-order valence-corrected chi connectivity index (χ3v) is 3.76. The number of nitrogens with one attached hydrogen (secondary N) is 1. The van der Waals surface area contributed by atoms with Crippen molar-refractivity contribution in [1.29, 1.82) is 0 Å². The van der Waals surface area contributed by atoms with E-state index >= 15 is 0 Å². The number of amides is 1. The lowest BCUT2D eigenvalue weighted by atomic mass is 10.0. The lowest BCUT2D eigenvalue weighted by Crippen LogP contribution is -2.42. The van der Waals surface area contributed by atoms with Crippen molar-refractivity contribution in [2.24, 2.45) is 5.14 Å². The van der Waals surface area contributed by atoms with Crippen molar-refractivity contribution < 1.29 is 17.6 Å². The van der Waals surface area contributed by atoms with Gasteiger partial charge in [0.2, 0.25) is 10.0 Å². The third kappa shape index (κ3) is 4.00. The van der Waals surface area contributed by atoms with Crippen LogP contribution in [0.15, 0.2) is 23.1 Å². The molecule has 0 aromatic heterocycles. The van der Waals surface area contributed by atoms with Gasteiger partial charge in [0, 0.05) is 11.1 Å². The summed E-state index contributed by atoms with van der Waals surface area (Å²) in [5.41, 5.74) is -0.389. The molecule has 0 atom stereocenters. The number of carbonyl (C=O) groups is 1. The van der Waals surface area contributed by atoms with Gasteiger partial charge in [-0.25, -0.2) is 17.9 Å². The monoisotopic (exact) mass is 288 g/mol. The summed E-state index contributed by atoms with van der Waals surface area (Å²) in [4.78, 5) is 11.3. The predicted octanol–water partition coefficient (Wildman–Crippen LogP) is 1.39. The molecule has 0 spiro atoms. The first-order chi connectivity index (χ1) is 8.57. The third-order valence-electron chi connectivity index (χ3n) is 2.84. The molecule has 0 bridgehead atoms. The van der Waals surface area contributed by atoms with Crippen molar-refractivity contribution >= 4 is 15.9 Å². The molecule has 0 radical (unpaired) electrons. The topological polar surface area (TPSA) is 89.3 Å². The number of benzene rings is 1. The van der Waals surface area contributed by atoms with Crippen molar-refractivity contribution in [2.75, 3.05) is 0 Å². The van der Waals surface area contributed by atoms with E-state index in [1.807, 2.05) is 20.8 Å². The summed E-state index contributed by atoms with van der Waals surface area (Å²) < 4.78 is 35.7. The van der Waals surface area contributed by atoms with Crippen molar-refractivity contribution in [2.45, 2.75) is 37.6 Å². The van der Waals surface area contributed by atoms with Crippen LogP contribution in [0.2, 0.25) is 0 Å². The van der Waals surface area contributed by atoms with Crippen LogP contribution in [0.25, 0.3) is 0 Å². The van der Waals surface area contributed by atoms with Crippen molar-refractivity contribution in [1.82, 2.24) is 5.32 Å². The molecule has 0 unspecified atom stereocenters. The number of carbonyl (C=O) groups excluding carboxylic acids is 1. The van der Waals surface area contributed by atoms with Crippen LogP contribution in [0.5, 0.6) is 0 Å². The minimum Gasteiger partial charge on any atom is -0.347 e. The van der Waals surface area contributed by atoms with Crippen LogP contribution in [0, 0.1) is 5.82 Å². The van der Waals surface area contributed by atoms with Gasteiger partial charge in [0.25, 0.3) is 5.91 Å². The molecule has 5 nitrogen and oxygen atoms in total. The van der Waals surface area contributed by atoms with Gasteiger partial charge in [0.05, 0.1) is 0 Å². The lowest BCUT2D eigenvalue weighted by molar-refractivity contribution is 0.0911. The molecule has 1 aromatic carbocycles. The second kappa shape index (κ2) is 5.26. The van der Waals surface area contributed by atoms with E-state index in [1.54, 1.807) is 0 Å². The van der Waals surface area contributed by atoms with Gasteiger partial charge in [-0.2, -0.15) is 0 Å². The smallest absolute Gasteiger partial charge is 0.251 e. The maximum atomic E-state index is 13.3. The van der Waals surface area contributed by atoms with Crippen LogP contribution >= 0.6 is 0 Å². The Labute approximate surface area is 112 Å². The SMILES string of the molecule is CCC(C)(C)NC(=O)c1ccc(F)c(S(N)(=O)=O)c1. The van der Waals surface area contributed by atoms with Crippen LogP contribution in [-0.4, -0.2) is 19.9 Å². The summed E-state index contributed by atoms with van der Waals surface area (Å²) in [6, 6.07) is 3.06. The largest absolute Gasteiger partial charge is 0.347 e. The average Bonchev–Trinajstić information content (AvgIpc) is 2.27. The fraction of sp³-hybridized carbons (Fsp3) is 0.417. The highest BCUT2D eigenvalue weighted by Gasteiger charge is 2.21. The highest BCUT2D eigenvalue weighted by molar-refractivity contribution is 7.89. The molecule has 1 rings (SSSR count). The quantitative estimate of drug-likeness (QED) is 0.877. The van der Waals surface area contributed by atoms with Crippen LogP contribution in [-0.2, 0) is 10.0 Å². The second-order valence-corrected chi connectivity index (χ2v) is 6.41. The summed E-state index contributed by atoms with van der Waals surface area (Å²) in [6.45, 7) is 5.56. The van der Waals surface area contributed by atoms with Crippen molar-refractivity contribution in [3.8, 4) is 0 Å². The molecular weight excluding hydrogens is 271 g/mol. The minimum atomic E-state index is -4.19. The van der Waals surface area contributed by atoms with E-state index in [9.17, 15) is 17.6 Å². The molecule has 7 heteroatoms. The number of primary sulfonamides is 1.